The van der Waals surface area contributed by atoms with Crippen LogP contribution in [0, 0.1) is 0 Å². The third-order valence-electron chi connectivity index (χ3n) is 5.75. The van der Waals surface area contributed by atoms with Crippen molar-refractivity contribution in [3.8, 4) is 22.3 Å². The van der Waals surface area contributed by atoms with E-state index in [2.05, 4.69) is 84.9 Å². The monoisotopic (exact) mass is 382 g/mol. The molecule has 0 aliphatic rings. The lowest BCUT2D eigenvalue weighted by Crippen LogP contribution is -1.93. The molecule has 0 bridgehead atoms. The minimum atomic E-state index is 0.996. The predicted octanol–water partition coefficient (Wildman–Crippen LogP) is 7.27. The Morgan fingerprint density at radius 2 is 0.933 bits per heavy atom. The molecule has 2 heterocycles. The Balaban J connectivity index is 1.91. The zero-order valence-electron chi connectivity index (χ0n) is 16.3. The molecule has 0 N–H and O–H groups in total. The molecular formula is C28H18N2. The molecule has 0 unspecified atom stereocenters. The topological polar surface area (TPSA) is 25.8 Å². The van der Waals surface area contributed by atoms with Crippen molar-refractivity contribution in [1.82, 2.24) is 9.97 Å². The highest BCUT2D eigenvalue weighted by molar-refractivity contribution is 6.29. The van der Waals surface area contributed by atoms with Gasteiger partial charge in [-0.1, -0.05) is 78.9 Å². The Hall–Kier alpha value is -4.04. The first-order chi connectivity index (χ1) is 14.9. The van der Waals surface area contributed by atoms with Crippen molar-refractivity contribution in [2.24, 2.45) is 0 Å². The third-order valence-corrected chi connectivity index (χ3v) is 5.75. The number of fused-ring (bicyclic) bond motifs is 6. The van der Waals surface area contributed by atoms with Gasteiger partial charge in [0.1, 0.15) is 0 Å². The van der Waals surface area contributed by atoms with Crippen LogP contribution in [-0.2, 0) is 0 Å². The van der Waals surface area contributed by atoms with E-state index in [9.17, 15) is 0 Å². The van der Waals surface area contributed by atoms with Crippen LogP contribution in [-0.4, -0.2) is 9.97 Å². The van der Waals surface area contributed by atoms with Crippen LogP contribution in [0.4, 0.5) is 0 Å². The van der Waals surface area contributed by atoms with Crippen LogP contribution in [0.1, 0.15) is 0 Å². The van der Waals surface area contributed by atoms with Gasteiger partial charge in [-0.25, -0.2) is 0 Å². The first-order valence-electron chi connectivity index (χ1n) is 10.1. The average Bonchev–Trinajstić information content (AvgIpc) is 2.84. The van der Waals surface area contributed by atoms with Gasteiger partial charge in [0.2, 0.25) is 0 Å². The van der Waals surface area contributed by atoms with Crippen molar-refractivity contribution in [3.05, 3.63) is 109 Å². The summed E-state index contributed by atoms with van der Waals surface area (Å²) in [5.41, 5.74) is 6.78. The maximum absolute atomic E-state index is 4.84. The lowest BCUT2D eigenvalue weighted by molar-refractivity contribution is 1.40. The fraction of sp³-hybridized carbons (Fsp3) is 0. The molecule has 2 aromatic heterocycles. The zero-order chi connectivity index (χ0) is 19.9. The minimum Gasteiger partial charge on any atom is -0.256 e. The SMILES string of the molecule is c1ccc(-c2ccc(-c3ccccc3)c3c4ncccc4c4ncccc4c23)cc1. The standard InChI is InChI=1S/C28H18N2/c1-3-9-19(10-4-1)21-15-16-22(20-11-5-2-6-12-20)26-25(21)23-13-7-17-29-27(23)24-14-8-18-30-28(24)26/h1-18H. The van der Waals surface area contributed by atoms with Crippen molar-refractivity contribution >= 4 is 32.6 Å². The van der Waals surface area contributed by atoms with E-state index in [1.165, 1.54) is 33.0 Å². The quantitative estimate of drug-likeness (QED) is 0.294. The second-order valence-corrected chi connectivity index (χ2v) is 7.44. The van der Waals surface area contributed by atoms with E-state index < -0.39 is 0 Å². The average molecular weight is 382 g/mol. The van der Waals surface area contributed by atoms with E-state index >= 15 is 0 Å². The molecular weight excluding hydrogens is 364 g/mol. The minimum absolute atomic E-state index is 0.996. The van der Waals surface area contributed by atoms with E-state index in [0.29, 0.717) is 0 Å². The zero-order valence-corrected chi connectivity index (χ0v) is 16.3. The van der Waals surface area contributed by atoms with Gasteiger partial charge in [0.15, 0.2) is 0 Å². The summed E-state index contributed by atoms with van der Waals surface area (Å²) in [5.74, 6) is 0. The van der Waals surface area contributed by atoms with Crippen LogP contribution in [0.5, 0.6) is 0 Å². The number of benzene rings is 4. The number of aromatic nitrogens is 2. The second kappa shape index (κ2) is 6.78. The molecule has 0 spiro atoms. The summed E-state index contributed by atoms with van der Waals surface area (Å²) in [7, 11) is 0. The molecule has 0 fully saturated rings. The van der Waals surface area contributed by atoms with E-state index in [-0.39, 0.29) is 0 Å². The van der Waals surface area contributed by atoms with Crippen molar-refractivity contribution in [1.29, 1.82) is 0 Å². The summed E-state index contributed by atoms with van der Waals surface area (Å²) >= 11 is 0. The molecule has 140 valence electrons. The summed E-state index contributed by atoms with van der Waals surface area (Å²) < 4.78 is 0. The smallest absolute Gasteiger partial charge is 0.0808 e. The third kappa shape index (κ3) is 2.51. The van der Waals surface area contributed by atoms with Gasteiger partial charge in [-0.05, 0) is 40.5 Å². The van der Waals surface area contributed by atoms with Crippen LogP contribution >= 0.6 is 0 Å². The fourth-order valence-electron chi connectivity index (χ4n) is 4.46. The molecule has 0 atom stereocenters. The first-order valence-corrected chi connectivity index (χ1v) is 10.1. The summed E-state index contributed by atoms with van der Waals surface area (Å²) in [5, 5.41) is 4.63. The summed E-state index contributed by atoms with van der Waals surface area (Å²) in [6.45, 7) is 0. The first kappa shape index (κ1) is 16.9. The highest BCUT2D eigenvalue weighted by Gasteiger charge is 2.17. The summed E-state index contributed by atoms with van der Waals surface area (Å²) in [4.78, 5) is 9.60. The Kier molecular flexibility index (Phi) is 3.82. The number of hydrogen-bond donors (Lipinski definition) is 0. The molecule has 4 aromatic carbocycles. The molecule has 0 saturated heterocycles. The van der Waals surface area contributed by atoms with Gasteiger partial charge in [0, 0.05) is 33.9 Å². The van der Waals surface area contributed by atoms with Gasteiger partial charge in [-0.3, -0.25) is 9.97 Å². The Morgan fingerprint density at radius 3 is 1.57 bits per heavy atom. The molecule has 6 rings (SSSR count). The predicted molar refractivity (Wildman–Crippen MR) is 125 cm³/mol. The van der Waals surface area contributed by atoms with Gasteiger partial charge in [0.25, 0.3) is 0 Å². The van der Waals surface area contributed by atoms with E-state index in [4.69, 9.17) is 9.97 Å². The molecule has 2 heteroatoms. The molecule has 0 amide bonds. The van der Waals surface area contributed by atoms with E-state index in [1.54, 1.807) is 0 Å². The van der Waals surface area contributed by atoms with Crippen LogP contribution < -0.4 is 0 Å². The van der Waals surface area contributed by atoms with Crippen LogP contribution in [0.2, 0.25) is 0 Å². The Morgan fingerprint density at radius 1 is 0.400 bits per heavy atom. The largest absolute Gasteiger partial charge is 0.256 e. The Bertz CT molecular complexity index is 1400. The highest BCUT2D eigenvalue weighted by Crippen LogP contribution is 2.43. The van der Waals surface area contributed by atoms with Gasteiger partial charge in [-0.2, -0.15) is 0 Å². The fourth-order valence-corrected chi connectivity index (χ4v) is 4.46. The highest BCUT2D eigenvalue weighted by atomic mass is 14.7. The number of pyridine rings is 2. The summed E-state index contributed by atoms with van der Waals surface area (Å²) in [6, 6.07) is 33.9. The van der Waals surface area contributed by atoms with Crippen LogP contribution in [0.25, 0.3) is 54.8 Å². The number of nitrogens with zero attached hydrogens (tertiary/aromatic N) is 2. The molecule has 6 aromatic rings. The van der Waals surface area contributed by atoms with Crippen molar-refractivity contribution in [2.45, 2.75) is 0 Å². The van der Waals surface area contributed by atoms with Gasteiger partial charge in [0.05, 0.1) is 11.0 Å². The van der Waals surface area contributed by atoms with Crippen molar-refractivity contribution < 1.29 is 0 Å². The van der Waals surface area contributed by atoms with Gasteiger partial charge in [-0.15, -0.1) is 0 Å². The summed E-state index contributed by atoms with van der Waals surface area (Å²) in [6.07, 6.45) is 3.74. The van der Waals surface area contributed by atoms with Crippen molar-refractivity contribution in [2.75, 3.05) is 0 Å². The molecule has 2 nitrogen and oxygen atoms in total. The van der Waals surface area contributed by atoms with Gasteiger partial charge < -0.3 is 0 Å². The number of hydrogen-bond acceptors (Lipinski definition) is 2. The maximum Gasteiger partial charge on any atom is 0.0808 e. The molecule has 30 heavy (non-hydrogen) atoms. The van der Waals surface area contributed by atoms with E-state index in [0.717, 1.165) is 21.8 Å². The molecule has 0 saturated carbocycles. The van der Waals surface area contributed by atoms with Crippen molar-refractivity contribution in [3.63, 3.8) is 0 Å². The van der Waals surface area contributed by atoms with Gasteiger partial charge >= 0.3 is 0 Å². The molecule has 0 radical (unpaired) electrons. The van der Waals surface area contributed by atoms with E-state index in [1.807, 2.05) is 24.5 Å². The lowest BCUT2D eigenvalue weighted by atomic mass is 9.88. The number of rotatable bonds is 2. The normalized spacial score (nSPS) is 11.3. The van der Waals surface area contributed by atoms with Crippen LogP contribution in [0.15, 0.2) is 109 Å². The van der Waals surface area contributed by atoms with Crippen LogP contribution in [0.3, 0.4) is 0 Å². The molecule has 0 aliphatic carbocycles. The second-order valence-electron chi connectivity index (χ2n) is 7.44. The lowest BCUT2D eigenvalue weighted by Gasteiger charge is -2.16. The maximum atomic E-state index is 4.84. The Labute approximate surface area is 174 Å². The molecule has 0 aliphatic heterocycles.